The van der Waals surface area contributed by atoms with Gasteiger partial charge in [-0.15, -0.1) is 0 Å². The topological polar surface area (TPSA) is 123 Å². The Labute approximate surface area is 213 Å². The number of carbonyl (C=O) groups excluding carboxylic acids is 2. The normalized spacial score (nSPS) is 20.9. The van der Waals surface area contributed by atoms with Crippen LogP contribution in [-0.2, 0) is 0 Å². The number of rotatable bonds is 10. The number of nitrogens with one attached hydrogen (secondary N) is 4. The van der Waals surface area contributed by atoms with Crippen LogP contribution >= 0.6 is 0 Å². The molecule has 196 valence electrons. The van der Waals surface area contributed by atoms with E-state index in [2.05, 4.69) is 21.3 Å². The van der Waals surface area contributed by atoms with Crippen molar-refractivity contribution in [1.29, 1.82) is 0 Å². The van der Waals surface area contributed by atoms with Gasteiger partial charge in [-0.3, -0.25) is 0 Å². The summed E-state index contributed by atoms with van der Waals surface area (Å²) in [5, 5.41) is 32.4. The second-order valence-electron chi connectivity index (χ2n) is 9.90. The van der Waals surface area contributed by atoms with Crippen molar-refractivity contribution in [3.63, 3.8) is 0 Å². The number of aliphatic hydroxyl groups is 2. The molecule has 1 fully saturated rings. The van der Waals surface area contributed by atoms with Crippen molar-refractivity contribution >= 4 is 12.1 Å². The Morgan fingerprint density at radius 1 is 0.750 bits per heavy atom. The minimum Gasteiger partial charge on any atom is -0.386 e. The van der Waals surface area contributed by atoms with Gasteiger partial charge in [0.2, 0.25) is 0 Å². The summed E-state index contributed by atoms with van der Waals surface area (Å²) in [7, 11) is 0. The van der Waals surface area contributed by atoms with E-state index in [-0.39, 0.29) is 12.1 Å². The van der Waals surface area contributed by atoms with Gasteiger partial charge in [0.1, 0.15) is 0 Å². The molecule has 8 heteroatoms. The number of hydrogen-bond donors (Lipinski definition) is 6. The fraction of sp³-hybridized carbons (Fsp3) is 0.500. The molecule has 8 nitrogen and oxygen atoms in total. The van der Waals surface area contributed by atoms with E-state index in [0.717, 1.165) is 36.8 Å². The molecule has 1 aliphatic rings. The van der Waals surface area contributed by atoms with Crippen molar-refractivity contribution in [2.75, 3.05) is 13.1 Å². The van der Waals surface area contributed by atoms with Gasteiger partial charge in [-0.25, -0.2) is 9.59 Å². The third-order valence-electron chi connectivity index (χ3n) is 6.94. The molecule has 0 aromatic heterocycles. The minimum absolute atomic E-state index is 0.289. The van der Waals surface area contributed by atoms with Gasteiger partial charge in [-0.1, -0.05) is 67.1 Å². The summed E-state index contributed by atoms with van der Waals surface area (Å²) in [6, 6.07) is 17.1. The largest absolute Gasteiger partial charge is 0.386 e. The highest BCUT2D eigenvalue weighted by atomic mass is 16.3. The summed E-state index contributed by atoms with van der Waals surface area (Å²) >= 11 is 0. The SMILES string of the molecule is C[C@H](NC(=O)NC[C@H]1CCC[C@@H](CNC(=O)N[C@@H](C)[C@@H](O)c2ccccc2)C1)[C@H](O)c1ccccc1. The molecule has 0 bridgehead atoms. The Balaban J connectivity index is 1.35. The highest BCUT2D eigenvalue weighted by molar-refractivity contribution is 5.74. The highest BCUT2D eigenvalue weighted by Crippen LogP contribution is 2.28. The van der Waals surface area contributed by atoms with Crippen LogP contribution in [0.2, 0.25) is 0 Å². The van der Waals surface area contributed by atoms with Gasteiger partial charge in [-0.2, -0.15) is 0 Å². The van der Waals surface area contributed by atoms with E-state index in [1.165, 1.54) is 0 Å². The van der Waals surface area contributed by atoms with Gasteiger partial charge in [0, 0.05) is 13.1 Å². The van der Waals surface area contributed by atoms with Gasteiger partial charge in [0.05, 0.1) is 24.3 Å². The summed E-state index contributed by atoms with van der Waals surface area (Å²) in [6.07, 6.45) is 2.49. The van der Waals surface area contributed by atoms with Crippen LogP contribution in [0.5, 0.6) is 0 Å². The molecular formula is C28H40N4O4. The molecular weight excluding hydrogens is 456 g/mol. The van der Waals surface area contributed by atoms with Crippen LogP contribution in [0.1, 0.15) is 62.9 Å². The van der Waals surface area contributed by atoms with Crippen LogP contribution in [0.4, 0.5) is 9.59 Å². The van der Waals surface area contributed by atoms with Gasteiger partial charge >= 0.3 is 12.1 Å². The van der Waals surface area contributed by atoms with Crippen molar-refractivity contribution in [1.82, 2.24) is 21.3 Å². The predicted octanol–water partition coefficient (Wildman–Crippen LogP) is 3.64. The van der Waals surface area contributed by atoms with E-state index >= 15 is 0 Å². The maximum atomic E-state index is 12.4. The zero-order chi connectivity index (χ0) is 25.9. The number of hydrogen-bond acceptors (Lipinski definition) is 4. The summed E-state index contributed by atoms with van der Waals surface area (Å²) < 4.78 is 0. The Bertz CT molecular complexity index is 868. The molecule has 36 heavy (non-hydrogen) atoms. The minimum atomic E-state index is -0.773. The van der Waals surface area contributed by atoms with Crippen LogP contribution in [0.3, 0.4) is 0 Å². The zero-order valence-corrected chi connectivity index (χ0v) is 21.2. The molecule has 0 unspecified atom stereocenters. The molecule has 3 rings (SSSR count). The second-order valence-corrected chi connectivity index (χ2v) is 9.90. The summed E-state index contributed by atoms with van der Waals surface area (Å²) in [5.41, 5.74) is 1.53. The first-order valence-corrected chi connectivity index (χ1v) is 12.9. The zero-order valence-electron chi connectivity index (χ0n) is 21.2. The van der Waals surface area contributed by atoms with Crippen LogP contribution < -0.4 is 21.3 Å². The Hall–Kier alpha value is -3.10. The van der Waals surface area contributed by atoms with E-state index in [9.17, 15) is 19.8 Å². The lowest BCUT2D eigenvalue weighted by Crippen LogP contribution is -2.46. The number of aliphatic hydroxyl groups excluding tert-OH is 2. The molecule has 6 atom stereocenters. The van der Waals surface area contributed by atoms with E-state index in [0.29, 0.717) is 24.9 Å². The lowest BCUT2D eigenvalue weighted by molar-refractivity contribution is 0.136. The van der Waals surface area contributed by atoms with Crippen LogP contribution in [-0.4, -0.2) is 47.4 Å². The fourth-order valence-corrected chi connectivity index (χ4v) is 4.80. The van der Waals surface area contributed by atoms with Crippen LogP contribution in [0.25, 0.3) is 0 Å². The third-order valence-corrected chi connectivity index (χ3v) is 6.94. The molecule has 0 spiro atoms. The second kappa shape index (κ2) is 13.8. The predicted molar refractivity (Wildman–Crippen MR) is 140 cm³/mol. The van der Waals surface area contributed by atoms with Crippen molar-refractivity contribution in [3.05, 3.63) is 71.8 Å². The Morgan fingerprint density at radius 2 is 1.14 bits per heavy atom. The molecule has 1 saturated carbocycles. The molecule has 2 aromatic rings. The molecule has 6 N–H and O–H groups in total. The van der Waals surface area contributed by atoms with E-state index < -0.39 is 24.3 Å². The summed E-state index contributed by atoms with van der Waals surface area (Å²) in [4.78, 5) is 24.7. The first kappa shape index (κ1) is 27.5. The van der Waals surface area contributed by atoms with Crippen molar-refractivity contribution in [2.24, 2.45) is 11.8 Å². The Kier molecular flexibility index (Phi) is 10.6. The van der Waals surface area contributed by atoms with Crippen molar-refractivity contribution < 1.29 is 19.8 Å². The third kappa shape index (κ3) is 8.53. The molecule has 0 heterocycles. The number of urea groups is 2. The molecule has 2 aromatic carbocycles. The van der Waals surface area contributed by atoms with E-state index in [4.69, 9.17) is 0 Å². The van der Waals surface area contributed by atoms with Gasteiger partial charge in [0.15, 0.2) is 0 Å². The quantitative estimate of drug-likeness (QED) is 0.301. The lowest BCUT2D eigenvalue weighted by atomic mass is 9.81. The maximum absolute atomic E-state index is 12.4. The van der Waals surface area contributed by atoms with Gasteiger partial charge in [0.25, 0.3) is 0 Å². The smallest absolute Gasteiger partial charge is 0.315 e. The average molecular weight is 497 g/mol. The monoisotopic (exact) mass is 496 g/mol. The Morgan fingerprint density at radius 3 is 1.53 bits per heavy atom. The molecule has 0 saturated heterocycles. The van der Waals surface area contributed by atoms with E-state index in [1.54, 1.807) is 13.8 Å². The summed E-state index contributed by atoms with van der Waals surface area (Å²) in [6.45, 7) is 4.68. The van der Waals surface area contributed by atoms with Crippen molar-refractivity contribution in [3.8, 4) is 0 Å². The highest BCUT2D eigenvalue weighted by Gasteiger charge is 2.24. The molecule has 0 radical (unpaired) electrons. The summed E-state index contributed by atoms with van der Waals surface area (Å²) in [5.74, 6) is 0.681. The first-order chi connectivity index (χ1) is 17.3. The van der Waals surface area contributed by atoms with Gasteiger partial charge < -0.3 is 31.5 Å². The lowest BCUT2D eigenvalue weighted by Gasteiger charge is -2.30. The van der Waals surface area contributed by atoms with Gasteiger partial charge in [-0.05, 0) is 56.1 Å². The molecule has 4 amide bonds. The number of benzene rings is 2. The number of amides is 4. The number of carbonyl (C=O) groups is 2. The standard InChI is InChI=1S/C28H40N4O4/c1-19(25(33)23-12-5-3-6-13-23)31-27(35)29-17-21-10-9-11-22(16-21)18-30-28(36)32-20(2)26(34)24-14-7-4-8-15-24/h3-8,12-15,19-22,25-26,33-34H,9-11,16-18H2,1-2H3,(H2,29,31,35)(H2,30,32,36)/t19-,20-,21-,22+,25-,26+/m0/s1. The fourth-order valence-electron chi connectivity index (χ4n) is 4.80. The first-order valence-electron chi connectivity index (χ1n) is 12.9. The van der Waals surface area contributed by atoms with Crippen molar-refractivity contribution in [2.45, 2.75) is 63.8 Å². The molecule has 0 aliphatic heterocycles. The average Bonchev–Trinajstić information content (AvgIpc) is 2.91. The van der Waals surface area contributed by atoms with E-state index in [1.807, 2.05) is 60.7 Å². The van der Waals surface area contributed by atoms with Crippen LogP contribution in [0, 0.1) is 11.8 Å². The van der Waals surface area contributed by atoms with Crippen LogP contribution in [0.15, 0.2) is 60.7 Å². The molecule has 1 aliphatic carbocycles. The maximum Gasteiger partial charge on any atom is 0.315 e.